The second-order valence-corrected chi connectivity index (χ2v) is 5.94. The van der Waals surface area contributed by atoms with Crippen molar-refractivity contribution in [3.8, 4) is 0 Å². The number of hydrogen-bond acceptors (Lipinski definition) is 6. The van der Waals surface area contributed by atoms with Crippen molar-refractivity contribution < 1.29 is 29.5 Å². The van der Waals surface area contributed by atoms with E-state index in [1.807, 2.05) is 6.92 Å². The van der Waals surface area contributed by atoms with Crippen LogP contribution in [0.5, 0.6) is 0 Å². The minimum Gasteiger partial charge on any atom is -0.391 e. The molecule has 5 atom stereocenters. The molecular formula is C13H24O6. The lowest BCUT2D eigenvalue weighted by Gasteiger charge is -2.72. The van der Waals surface area contributed by atoms with Gasteiger partial charge in [0.15, 0.2) is 6.29 Å². The van der Waals surface area contributed by atoms with Gasteiger partial charge in [0.1, 0.15) is 23.4 Å². The van der Waals surface area contributed by atoms with Gasteiger partial charge in [-0.15, -0.1) is 0 Å². The summed E-state index contributed by atoms with van der Waals surface area (Å²) in [4.78, 5) is 0. The van der Waals surface area contributed by atoms with Crippen molar-refractivity contribution in [3.63, 3.8) is 0 Å². The molecule has 0 saturated carbocycles. The topological polar surface area (TPSA) is 88.4 Å². The number of hydrogen-bond donors (Lipinski definition) is 3. The highest BCUT2D eigenvalue weighted by Crippen LogP contribution is 2.61. The monoisotopic (exact) mass is 276 g/mol. The third-order valence-corrected chi connectivity index (χ3v) is 4.74. The van der Waals surface area contributed by atoms with Crippen molar-refractivity contribution in [2.45, 2.75) is 69.4 Å². The SMILES string of the molecule is CCCCOC1OC2(CO)OC(C)(C1(C)O)C2(C)O. The van der Waals surface area contributed by atoms with Gasteiger partial charge in [0, 0.05) is 6.61 Å². The predicted octanol–water partition coefficient (Wildman–Crippen LogP) is 0.139. The molecule has 3 fully saturated rings. The van der Waals surface area contributed by atoms with Crippen LogP contribution in [0.3, 0.4) is 0 Å². The molecule has 0 aliphatic carbocycles. The standard InChI is InChI=1S/C13H24O6/c1-5-6-7-17-9-10(2,15)12(4)11(3,16)13(8-14,18-9)19-12/h9,14-16H,5-8H2,1-4H3. The number of ether oxygens (including phenoxy) is 3. The number of unbranched alkanes of at least 4 members (excludes halogenated alkanes) is 1. The maximum Gasteiger partial charge on any atom is 0.227 e. The Kier molecular flexibility index (Phi) is 3.49. The molecule has 3 heterocycles. The molecule has 3 aliphatic rings. The summed E-state index contributed by atoms with van der Waals surface area (Å²) in [6.45, 7) is 6.57. The Morgan fingerprint density at radius 2 is 1.84 bits per heavy atom. The molecule has 112 valence electrons. The molecule has 3 aliphatic heterocycles. The van der Waals surface area contributed by atoms with Crippen LogP contribution in [0.4, 0.5) is 0 Å². The summed E-state index contributed by atoms with van der Waals surface area (Å²) >= 11 is 0. The highest BCUT2D eigenvalue weighted by molar-refractivity contribution is 5.25. The largest absolute Gasteiger partial charge is 0.391 e. The highest BCUT2D eigenvalue weighted by Gasteiger charge is 2.83. The van der Waals surface area contributed by atoms with Crippen LogP contribution in [-0.2, 0) is 14.2 Å². The third-order valence-electron chi connectivity index (χ3n) is 4.74. The lowest BCUT2D eigenvalue weighted by atomic mass is 9.61. The lowest BCUT2D eigenvalue weighted by molar-refractivity contribution is -0.581. The van der Waals surface area contributed by atoms with Crippen molar-refractivity contribution in [2.75, 3.05) is 13.2 Å². The quantitative estimate of drug-likeness (QED) is 0.619. The van der Waals surface area contributed by atoms with Gasteiger partial charge in [0.25, 0.3) is 0 Å². The van der Waals surface area contributed by atoms with Crippen LogP contribution >= 0.6 is 0 Å². The molecule has 0 radical (unpaired) electrons. The Morgan fingerprint density at radius 3 is 2.32 bits per heavy atom. The molecule has 5 unspecified atom stereocenters. The first-order valence-corrected chi connectivity index (χ1v) is 6.74. The zero-order valence-corrected chi connectivity index (χ0v) is 12.0. The van der Waals surface area contributed by atoms with Crippen molar-refractivity contribution >= 4 is 0 Å². The average Bonchev–Trinajstić information content (AvgIpc) is 2.34. The van der Waals surface area contributed by atoms with Gasteiger partial charge in [-0.1, -0.05) is 13.3 Å². The first-order valence-electron chi connectivity index (χ1n) is 6.74. The van der Waals surface area contributed by atoms with E-state index in [2.05, 4.69) is 0 Å². The Bertz CT molecular complexity index is 355. The van der Waals surface area contributed by atoms with Gasteiger partial charge in [-0.05, 0) is 27.2 Å². The minimum atomic E-state index is -1.53. The van der Waals surface area contributed by atoms with Crippen molar-refractivity contribution in [1.29, 1.82) is 0 Å². The molecule has 0 aromatic rings. The van der Waals surface area contributed by atoms with Crippen LogP contribution in [0.2, 0.25) is 0 Å². The van der Waals surface area contributed by atoms with E-state index in [-0.39, 0.29) is 0 Å². The summed E-state index contributed by atoms with van der Waals surface area (Å²) < 4.78 is 16.6. The number of aliphatic hydroxyl groups is 3. The molecule has 19 heavy (non-hydrogen) atoms. The van der Waals surface area contributed by atoms with Gasteiger partial charge in [-0.3, -0.25) is 0 Å². The molecule has 3 rings (SSSR count). The molecule has 0 spiro atoms. The first-order chi connectivity index (χ1) is 8.68. The fourth-order valence-corrected chi connectivity index (χ4v) is 2.85. The van der Waals surface area contributed by atoms with E-state index in [0.29, 0.717) is 6.61 Å². The Morgan fingerprint density at radius 1 is 1.21 bits per heavy atom. The van der Waals surface area contributed by atoms with Gasteiger partial charge < -0.3 is 29.5 Å². The Balaban J connectivity index is 2.22. The zero-order valence-electron chi connectivity index (χ0n) is 12.0. The van der Waals surface area contributed by atoms with Crippen LogP contribution in [0.25, 0.3) is 0 Å². The average molecular weight is 276 g/mol. The van der Waals surface area contributed by atoms with Gasteiger partial charge in [0.05, 0.1) is 0 Å². The van der Waals surface area contributed by atoms with Crippen LogP contribution in [0, 0.1) is 0 Å². The molecule has 6 nitrogen and oxygen atoms in total. The van der Waals surface area contributed by atoms with E-state index in [1.165, 1.54) is 13.8 Å². The normalized spacial score (nSPS) is 52.9. The van der Waals surface area contributed by atoms with E-state index in [4.69, 9.17) is 14.2 Å². The fourth-order valence-electron chi connectivity index (χ4n) is 2.85. The molecule has 0 amide bonds. The van der Waals surface area contributed by atoms with Gasteiger partial charge >= 0.3 is 0 Å². The molecule has 0 aromatic carbocycles. The van der Waals surface area contributed by atoms with Gasteiger partial charge in [0.2, 0.25) is 5.79 Å². The maximum atomic E-state index is 10.6. The fraction of sp³-hybridized carbons (Fsp3) is 1.00. The number of fused-ring (bicyclic) bond motifs is 2. The molecular weight excluding hydrogens is 252 g/mol. The van der Waals surface area contributed by atoms with E-state index >= 15 is 0 Å². The van der Waals surface area contributed by atoms with E-state index in [9.17, 15) is 15.3 Å². The van der Waals surface area contributed by atoms with Crippen LogP contribution in [0.1, 0.15) is 40.5 Å². The third kappa shape index (κ3) is 1.65. The van der Waals surface area contributed by atoms with Crippen molar-refractivity contribution in [2.24, 2.45) is 0 Å². The second-order valence-electron chi connectivity index (χ2n) is 5.94. The first kappa shape index (κ1) is 15.2. The Labute approximate surface area is 113 Å². The van der Waals surface area contributed by atoms with E-state index in [0.717, 1.165) is 12.8 Å². The molecule has 0 aromatic heterocycles. The smallest absolute Gasteiger partial charge is 0.227 e. The van der Waals surface area contributed by atoms with E-state index in [1.54, 1.807) is 6.92 Å². The predicted molar refractivity (Wildman–Crippen MR) is 66.3 cm³/mol. The van der Waals surface area contributed by atoms with Crippen LogP contribution in [0.15, 0.2) is 0 Å². The van der Waals surface area contributed by atoms with Crippen molar-refractivity contribution in [3.05, 3.63) is 0 Å². The highest BCUT2D eigenvalue weighted by atomic mass is 16.8. The summed E-state index contributed by atoms with van der Waals surface area (Å²) in [6.07, 6.45) is 0.867. The minimum absolute atomic E-state index is 0.442. The second kappa shape index (κ2) is 4.38. The lowest BCUT2D eigenvalue weighted by Crippen LogP contribution is -2.93. The van der Waals surface area contributed by atoms with Crippen molar-refractivity contribution in [1.82, 2.24) is 0 Å². The summed E-state index contributed by atoms with van der Waals surface area (Å²) in [5.74, 6) is -1.53. The summed E-state index contributed by atoms with van der Waals surface area (Å²) in [5.41, 5.74) is -4.26. The zero-order chi connectivity index (χ0) is 14.5. The maximum absolute atomic E-state index is 10.6. The molecule has 2 bridgehead atoms. The number of rotatable bonds is 5. The number of aliphatic hydroxyl groups excluding tert-OH is 1. The Hall–Kier alpha value is -0.240. The molecule has 3 saturated heterocycles. The van der Waals surface area contributed by atoms with E-state index < -0.39 is 35.5 Å². The van der Waals surface area contributed by atoms with Crippen LogP contribution in [-0.4, -0.2) is 57.4 Å². The summed E-state index contributed by atoms with van der Waals surface area (Å²) in [5, 5.41) is 30.6. The summed E-state index contributed by atoms with van der Waals surface area (Å²) in [7, 11) is 0. The molecule has 3 N–H and O–H groups in total. The summed E-state index contributed by atoms with van der Waals surface area (Å²) in [6, 6.07) is 0. The van der Waals surface area contributed by atoms with Gasteiger partial charge in [-0.2, -0.15) is 0 Å². The van der Waals surface area contributed by atoms with Crippen LogP contribution < -0.4 is 0 Å². The van der Waals surface area contributed by atoms with Gasteiger partial charge in [-0.25, -0.2) is 0 Å². The molecule has 6 heteroatoms.